The first-order valence-corrected chi connectivity index (χ1v) is 5.09. The van der Waals surface area contributed by atoms with E-state index in [0.717, 1.165) is 6.54 Å². The molecule has 0 unspecified atom stereocenters. The summed E-state index contributed by atoms with van der Waals surface area (Å²) in [5.74, 6) is 0. The molecule has 0 heterocycles. The second kappa shape index (κ2) is 8.48. The van der Waals surface area contributed by atoms with Crippen LogP contribution >= 0.6 is 0 Å². The molecular formula is C10H24N2O. The predicted molar refractivity (Wildman–Crippen MR) is 57.1 cm³/mol. The van der Waals surface area contributed by atoms with E-state index in [9.17, 15) is 0 Å². The zero-order valence-electron chi connectivity index (χ0n) is 9.39. The minimum Gasteiger partial charge on any atom is -0.381 e. The van der Waals surface area contributed by atoms with Gasteiger partial charge < -0.3 is 15.4 Å². The highest BCUT2D eigenvalue weighted by Crippen LogP contribution is 2.20. The molecule has 0 aromatic carbocycles. The fourth-order valence-corrected chi connectivity index (χ4v) is 1.01. The Morgan fingerprint density at radius 2 is 2.00 bits per heavy atom. The second-order valence-corrected chi connectivity index (χ2v) is 3.54. The fraction of sp³-hybridized carbons (Fsp3) is 1.00. The monoisotopic (exact) mass is 188 g/mol. The van der Waals surface area contributed by atoms with Crippen molar-refractivity contribution in [2.24, 2.45) is 0 Å². The van der Waals surface area contributed by atoms with Crippen LogP contribution in [0.15, 0.2) is 0 Å². The zero-order chi connectivity index (χ0) is 10.1. The van der Waals surface area contributed by atoms with Crippen molar-refractivity contribution in [2.75, 3.05) is 27.7 Å². The van der Waals surface area contributed by atoms with Crippen LogP contribution in [0.1, 0.15) is 26.2 Å². The number of methoxy groups -OCH3 is 1. The van der Waals surface area contributed by atoms with Crippen LogP contribution in [0, 0.1) is 0 Å². The van der Waals surface area contributed by atoms with E-state index in [4.69, 9.17) is 4.74 Å². The van der Waals surface area contributed by atoms with Gasteiger partial charge in [-0.15, -0.1) is 0 Å². The summed E-state index contributed by atoms with van der Waals surface area (Å²) in [7, 11) is 5.69. The van der Waals surface area contributed by atoms with Gasteiger partial charge in [0.05, 0.1) is 6.10 Å². The van der Waals surface area contributed by atoms with Crippen LogP contribution in [-0.2, 0) is 4.74 Å². The van der Waals surface area contributed by atoms with Gasteiger partial charge in [0.1, 0.15) is 0 Å². The Kier molecular flexibility index (Phi) is 8.40. The van der Waals surface area contributed by atoms with E-state index in [1.807, 2.05) is 14.1 Å². The quantitative estimate of drug-likeness (QED) is 0.690. The molecule has 13 heavy (non-hydrogen) atoms. The van der Waals surface area contributed by atoms with Crippen LogP contribution in [0.3, 0.4) is 0 Å². The number of hydrogen-bond acceptors (Lipinski definition) is 3. The summed E-state index contributed by atoms with van der Waals surface area (Å²) in [5, 5.41) is 6.16. The summed E-state index contributed by atoms with van der Waals surface area (Å²) in [4.78, 5) is 0. The van der Waals surface area contributed by atoms with Crippen molar-refractivity contribution < 1.29 is 4.74 Å². The molecular weight excluding hydrogens is 164 g/mol. The summed E-state index contributed by atoms with van der Waals surface area (Å²) in [6.07, 6.45) is 4.57. The lowest BCUT2D eigenvalue weighted by molar-refractivity contribution is 0.0412. The average Bonchev–Trinajstić information content (AvgIpc) is 2.04. The van der Waals surface area contributed by atoms with E-state index in [1.54, 1.807) is 7.11 Å². The summed E-state index contributed by atoms with van der Waals surface area (Å²) < 4.78 is 4.99. The maximum absolute atomic E-state index is 4.99. The summed E-state index contributed by atoms with van der Waals surface area (Å²) >= 11 is 0. The Morgan fingerprint density at radius 3 is 2.08 bits per heavy atom. The van der Waals surface area contributed by atoms with E-state index < -0.39 is 0 Å². The largest absolute Gasteiger partial charge is 0.381 e. The molecule has 0 spiro atoms. The van der Waals surface area contributed by atoms with Gasteiger partial charge >= 0.3 is 0 Å². The highest BCUT2D eigenvalue weighted by Gasteiger charge is 2.14. The molecule has 1 atom stereocenters. The fourth-order valence-electron chi connectivity index (χ4n) is 1.01. The van der Waals surface area contributed by atoms with Crippen molar-refractivity contribution in [3.05, 3.63) is 0 Å². The van der Waals surface area contributed by atoms with Crippen molar-refractivity contribution in [1.29, 1.82) is 0 Å². The lowest BCUT2D eigenvalue weighted by Crippen LogP contribution is -2.31. The van der Waals surface area contributed by atoms with Crippen LogP contribution < -0.4 is 10.6 Å². The number of likely N-dealkylation sites (N-methyl/N-ethyl adjacent to an activating group) is 2. The molecule has 0 aromatic rings. The van der Waals surface area contributed by atoms with Gasteiger partial charge in [-0.1, -0.05) is 0 Å². The van der Waals surface area contributed by atoms with Crippen LogP contribution in [0.2, 0.25) is 0 Å². The third-order valence-corrected chi connectivity index (χ3v) is 2.39. The van der Waals surface area contributed by atoms with Gasteiger partial charge in [-0.2, -0.15) is 0 Å². The van der Waals surface area contributed by atoms with Crippen LogP contribution in [0.5, 0.6) is 0 Å². The number of hydrogen-bond donors (Lipinski definition) is 2. The SMILES string of the molecule is CNC[C@H](C)NC.COC1CCC1. The Labute approximate surface area is 82.2 Å². The smallest absolute Gasteiger partial charge is 0.0571 e. The average molecular weight is 188 g/mol. The van der Waals surface area contributed by atoms with Crippen molar-refractivity contribution >= 4 is 0 Å². The third kappa shape index (κ3) is 6.99. The lowest BCUT2D eigenvalue weighted by Gasteiger charge is -2.22. The zero-order valence-corrected chi connectivity index (χ0v) is 9.39. The van der Waals surface area contributed by atoms with Crippen LogP contribution in [0.4, 0.5) is 0 Å². The molecule has 0 bridgehead atoms. The maximum atomic E-state index is 4.99. The third-order valence-electron chi connectivity index (χ3n) is 2.39. The van der Waals surface area contributed by atoms with Crippen molar-refractivity contribution in [1.82, 2.24) is 10.6 Å². The van der Waals surface area contributed by atoms with Gasteiger partial charge in [-0.25, -0.2) is 0 Å². The first-order valence-electron chi connectivity index (χ1n) is 5.09. The van der Waals surface area contributed by atoms with Gasteiger partial charge in [0, 0.05) is 19.7 Å². The molecule has 1 saturated carbocycles. The van der Waals surface area contributed by atoms with E-state index in [0.29, 0.717) is 12.1 Å². The number of ether oxygens (including phenoxy) is 1. The van der Waals surface area contributed by atoms with E-state index in [2.05, 4.69) is 17.6 Å². The Morgan fingerprint density at radius 1 is 1.38 bits per heavy atom. The number of nitrogens with one attached hydrogen (secondary N) is 2. The molecule has 2 N–H and O–H groups in total. The van der Waals surface area contributed by atoms with Gasteiger partial charge in [-0.05, 0) is 40.3 Å². The first-order chi connectivity index (χ1) is 6.24. The van der Waals surface area contributed by atoms with E-state index >= 15 is 0 Å². The molecule has 3 heteroatoms. The molecule has 3 nitrogen and oxygen atoms in total. The Balaban J connectivity index is 0.000000223. The van der Waals surface area contributed by atoms with Gasteiger partial charge in [0.2, 0.25) is 0 Å². The molecule has 1 rings (SSSR count). The highest BCUT2D eigenvalue weighted by molar-refractivity contribution is 4.67. The maximum Gasteiger partial charge on any atom is 0.0571 e. The van der Waals surface area contributed by atoms with E-state index in [1.165, 1.54) is 19.3 Å². The van der Waals surface area contributed by atoms with Crippen molar-refractivity contribution in [3.63, 3.8) is 0 Å². The molecule has 0 aliphatic heterocycles. The normalized spacial score (nSPS) is 18.5. The number of rotatable bonds is 4. The van der Waals surface area contributed by atoms with Crippen molar-refractivity contribution in [2.45, 2.75) is 38.3 Å². The van der Waals surface area contributed by atoms with Crippen LogP contribution in [0.25, 0.3) is 0 Å². The minimum atomic E-state index is 0.588. The standard InChI is InChI=1S/C5H14N2.C5H10O/c1-5(7-3)4-6-2;1-6-5-3-2-4-5/h5-7H,4H2,1-3H3;5H,2-4H2,1H3/t5-;/m0./s1. The van der Waals surface area contributed by atoms with Gasteiger partial charge in [0.15, 0.2) is 0 Å². The molecule has 80 valence electrons. The summed E-state index contributed by atoms with van der Waals surface area (Å²) in [6, 6.07) is 0.588. The van der Waals surface area contributed by atoms with Gasteiger partial charge in [-0.3, -0.25) is 0 Å². The second-order valence-electron chi connectivity index (χ2n) is 3.54. The lowest BCUT2D eigenvalue weighted by atomic mass is 9.96. The predicted octanol–water partition coefficient (Wildman–Crippen LogP) is 0.999. The molecule has 0 radical (unpaired) electrons. The van der Waals surface area contributed by atoms with E-state index in [-0.39, 0.29) is 0 Å². The Bertz CT molecular complexity index is 102. The molecule has 0 saturated heterocycles. The topological polar surface area (TPSA) is 33.3 Å². The Hall–Kier alpha value is -0.120. The molecule has 1 fully saturated rings. The molecule has 0 amide bonds. The molecule has 0 aromatic heterocycles. The summed E-state index contributed by atoms with van der Waals surface area (Å²) in [6.45, 7) is 3.17. The molecule has 1 aliphatic carbocycles. The van der Waals surface area contributed by atoms with Crippen molar-refractivity contribution in [3.8, 4) is 0 Å². The highest BCUT2D eigenvalue weighted by atomic mass is 16.5. The van der Waals surface area contributed by atoms with Gasteiger partial charge in [0.25, 0.3) is 0 Å². The molecule has 1 aliphatic rings. The first kappa shape index (κ1) is 12.9. The minimum absolute atomic E-state index is 0.588. The van der Waals surface area contributed by atoms with Crippen LogP contribution in [-0.4, -0.2) is 39.9 Å². The summed E-state index contributed by atoms with van der Waals surface area (Å²) in [5.41, 5.74) is 0.